The summed E-state index contributed by atoms with van der Waals surface area (Å²) in [5, 5.41) is 0. The van der Waals surface area contributed by atoms with Crippen LogP contribution < -0.4 is 0 Å². The Hall–Kier alpha value is -2.62. The van der Waals surface area contributed by atoms with Crippen LogP contribution in [0.15, 0.2) is 62.6 Å². The first-order valence-corrected chi connectivity index (χ1v) is 6.27. The van der Waals surface area contributed by atoms with Gasteiger partial charge in [0.25, 0.3) is 0 Å². The van der Waals surface area contributed by atoms with Gasteiger partial charge < -0.3 is 9.47 Å². The van der Waals surface area contributed by atoms with Gasteiger partial charge in [-0.05, 0) is 5.56 Å². The summed E-state index contributed by atoms with van der Waals surface area (Å²) in [6.45, 7) is 13.0. The maximum absolute atomic E-state index is 10.1. The SMILES string of the molecule is C=COC(=O)CC.C=COC(C)=O.C=Cc1ccccc1. The molecule has 0 spiro atoms. The van der Waals surface area contributed by atoms with E-state index in [0.717, 1.165) is 12.5 Å². The predicted octanol–water partition coefficient (Wildman–Crippen LogP) is 4.11. The van der Waals surface area contributed by atoms with Crippen molar-refractivity contribution in [2.45, 2.75) is 20.3 Å². The van der Waals surface area contributed by atoms with Crippen molar-refractivity contribution in [2.75, 3.05) is 0 Å². The zero-order valence-corrected chi connectivity index (χ0v) is 12.6. The highest BCUT2D eigenvalue weighted by molar-refractivity contribution is 5.69. The van der Waals surface area contributed by atoms with Crippen molar-refractivity contribution in [1.29, 1.82) is 0 Å². The average Bonchev–Trinajstić information content (AvgIpc) is 2.49. The summed E-state index contributed by atoms with van der Waals surface area (Å²) in [6.07, 6.45) is 4.47. The quantitative estimate of drug-likeness (QED) is 0.618. The van der Waals surface area contributed by atoms with E-state index in [4.69, 9.17) is 0 Å². The highest BCUT2D eigenvalue weighted by Gasteiger charge is 1.89. The average molecular weight is 290 g/mol. The van der Waals surface area contributed by atoms with Gasteiger partial charge in [-0.3, -0.25) is 9.59 Å². The summed E-state index contributed by atoms with van der Waals surface area (Å²) in [5.74, 6) is -0.569. The molecule has 0 amide bonds. The van der Waals surface area contributed by atoms with E-state index in [0.29, 0.717) is 6.42 Å². The highest BCUT2D eigenvalue weighted by Crippen LogP contribution is 1.97. The van der Waals surface area contributed by atoms with Gasteiger partial charge in [0.05, 0.1) is 12.5 Å². The first-order valence-electron chi connectivity index (χ1n) is 6.27. The topological polar surface area (TPSA) is 52.6 Å². The van der Waals surface area contributed by atoms with Crippen LogP contribution in [0.1, 0.15) is 25.8 Å². The van der Waals surface area contributed by atoms with Crippen molar-refractivity contribution in [3.63, 3.8) is 0 Å². The number of ether oxygens (including phenoxy) is 2. The smallest absolute Gasteiger partial charge is 0.310 e. The van der Waals surface area contributed by atoms with Crippen molar-refractivity contribution in [2.24, 2.45) is 0 Å². The minimum absolute atomic E-state index is 0.241. The number of esters is 2. The lowest BCUT2D eigenvalue weighted by molar-refractivity contribution is -0.137. The molecule has 4 heteroatoms. The predicted molar refractivity (Wildman–Crippen MR) is 85.1 cm³/mol. The fraction of sp³-hybridized carbons (Fsp3) is 0.176. The Bertz CT molecular complexity index is 435. The largest absolute Gasteiger partial charge is 0.435 e. The first-order chi connectivity index (χ1) is 10.0. The standard InChI is InChI=1S/C8H8.C5H8O2.C4H6O2/c1-2-8-6-4-3-5-7-8;1-3-5(6)7-4-2;1-3-6-4(2)5/h2-7H,1H2;4H,2-3H2,1H3;3H,1H2,2H3. The lowest BCUT2D eigenvalue weighted by Gasteiger charge is -1.88. The van der Waals surface area contributed by atoms with Crippen LogP contribution in [0.3, 0.4) is 0 Å². The van der Waals surface area contributed by atoms with Crippen molar-refractivity contribution in [1.82, 2.24) is 0 Å². The van der Waals surface area contributed by atoms with Crippen LogP contribution in [0.2, 0.25) is 0 Å². The Kier molecular flexibility index (Phi) is 15.2. The van der Waals surface area contributed by atoms with Crippen LogP contribution in [-0.2, 0) is 19.1 Å². The van der Waals surface area contributed by atoms with E-state index in [1.807, 2.05) is 36.4 Å². The third-order valence-electron chi connectivity index (χ3n) is 1.79. The lowest BCUT2D eigenvalue weighted by Crippen LogP contribution is -1.94. The zero-order valence-electron chi connectivity index (χ0n) is 12.6. The van der Waals surface area contributed by atoms with Crippen molar-refractivity contribution in [3.05, 3.63) is 68.2 Å². The molecule has 0 aromatic heterocycles. The fourth-order valence-corrected chi connectivity index (χ4v) is 0.883. The number of hydrogen-bond donors (Lipinski definition) is 0. The molecule has 1 aromatic carbocycles. The Morgan fingerprint density at radius 2 is 1.57 bits per heavy atom. The number of benzene rings is 1. The van der Waals surface area contributed by atoms with E-state index >= 15 is 0 Å². The molecule has 0 bridgehead atoms. The molecule has 114 valence electrons. The van der Waals surface area contributed by atoms with Crippen LogP contribution in [0.25, 0.3) is 6.08 Å². The Balaban J connectivity index is 0. The maximum atomic E-state index is 10.1. The Morgan fingerprint density at radius 3 is 1.76 bits per heavy atom. The van der Waals surface area contributed by atoms with Crippen LogP contribution >= 0.6 is 0 Å². The number of carbonyl (C=O) groups is 2. The molecule has 0 aliphatic heterocycles. The van der Waals surface area contributed by atoms with E-state index in [1.165, 1.54) is 12.5 Å². The summed E-state index contributed by atoms with van der Waals surface area (Å²) in [5.41, 5.74) is 1.17. The minimum Gasteiger partial charge on any atom is -0.435 e. The van der Waals surface area contributed by atoms with Crippen molar-refractivity contribution >= 4 is 18.0 Å². The van der Waals surface area contributed by atoms with Crippen LogP contribution in [0.4, 0.5) is 0 Å². The number of hydrogen-bond acceptors (Lipinski definition) is 4. The zero-order chi connectivity index (χ0) is 16.5. The second-order valence-electron chi connectivity index (χ2n) is 3.40. The molecule has 4 nitrogen and oxygen atoms in total. The molecular formula is C17H22O4. The van der Waals surface area contributed by atoms with Crippen LogP contribution in [0, 0.1) is 0 Å². The van der Waals surface area contributed by atoms with Gasteiger partial charge in [0.1, 0.15) is 0 Å². The van der Waals surface area contributed by atoms with Gasteiger partial charge in [0, 0.05) is 13.3 Å². The normalized spacial score (nSPS) is 7.71. The molecule has 21 heavy (non-hydrogen) atoms. The molecule has 0 heterocycles. The van der Waals surface area contributed by atoms with Gasteiger partial charge in [-0.25, -0.2) is 0 Å². The van der Waals surface area contributed by atoms with Gasteiger partial charge in [0.2, 0.25) is 0 Å². The molecule has 0 radical (unpaired) electrons. The minimum atomic E-state index is -0.329. The summed E-state index contributed by atoms with van der Waals surface area (Å²) in [7, 11) is 0. The second kappa shape index (κ2) is 15.4. The summed E-state index contributed by atoms with van der Waals surface area (Å²) >= 11 is 0. The molecule has 0 saturated carbocycles. The van der Waals surface area contributed by atoms with Gasteiger partial charge in [-0.1, -0.05) is 63.1 Å². The van der Waals surface area contributed by atoms with E-state index in [9.17, 15) is 9.59 Å². The molecule has 0 N–H and O–H groups in total. The molecule has 0 saturated heterocycles. The van der Waals surface area contributed by atoms with E-state index in [-0.39, 0.29) is 11.9 Å². The molecular weight excluding hydrogens is 268 g/mol. The summed E-state index contributed by atoms with van der Waals surface area (Å²) in [6, 6.07) is 10.0. The first kappa shape index (κ1) is 20.7. The summed E-state index contributed by atoms with van der Waals surface area (Å²) in [4.78, 5) is 19.9. The van der Waals surface area contributed by atoms with E-state index in [1.54, 1.807) is 6.92 Å². The van der Waals surface area contributed by atoms with Gasteiger partial charge in [-0.2, -0.15) is 0 Å². The molecule has 0 atom stereocenters. The monoisotopic (exact) mass is 290 g/mol. The molecule has 1 rings (SSSR count). The van der Waals surface area contributed by atoms with Crippen molar-refractivity contribution < 1.29 is 19.1 Å². The maximum Gasteiger partial charge on any atom is 0.310 e. The molecule has 0 aliphatic carbocycles. The van der Waals surface area contributed by atoms with Crippen molar-refractivity contribution in [3.8, 4) is 0 Å². The van der Waals surface area contributed by atoms with E-state index in [2.05, 4.69) is 29.2 Å². The second-order valence-corrected chi connectivity index (χ2v) is 3.40. The molecule has 0 unspecified atom stereocenters. The van der Waals surface area contributed by atoms with E-state index < -0.39 is 0 Å². The van der Waals surface area contributed by atoms with Gasteiger partial charge >= 0.3 is 11.9 Å². The Morgan fingerprint density at radius 1 is 1.05 bits per heavy atom. The third kappa shape index (κ3) is 17.4. The highest BCUT2D eigenvalue weighted by atomic mass is 16.5. The number of carbonyl (C=O) groups excluding carboxylic acids is 2. The van der Waals surface area contributed by atoms with Gasteiger partial charge in [-0.15, -0.1) is 0 Å². The third-order valence-corrected chi connectivity index (χ3v) is 1.79. The molecule has 1 aromatic rings. The lowest BCUT2D eigenvalue weighted by atomic mass is 10.2. The van der Waals surface area contributed by atoms with Crippen LogP contribution in [-0.4, -0.2) is 11.9 Å². The Labute approximate surface area is 126 Å². The summed E-state index contributed by atoms with van der Waals surface area (Å²) < 4.78 is 8.48. The van der Waals surface area contributed by atoms with Gasteiger partial charge in [0.15, 0.2) is 0 Å². The molecule has 0 aliphatic rings. The number of rotatable bonds is 4. The van der Waals surface area contributed by atoms with Crippen LogP contribution in [0.5, 0.6) is 0 Å². The molecule has 0 fully saturated rings. The fourth-order valence-electron chi connectivity index (χ4n) is 0.883.